The molecule has 0 radical (unpaired) electrons. The second kappa shape index (κ2) is 6.97. The number of alkyl halides is 3. The fraction of sp³-hybridized carbons (Fsp3) is 0.471. The van der Waals surface area contributed by atoms with Gasteiger partial charge in [0.15, 0.2) is 0 Å². The van der Waals surface area contributed by atoms with Crippen LogP contribution in [0, 0.1) is 5.41 Å². The second-order valence-corrected chi connectivity index (χ2v) is 7.08. The van der Waals surface area contributed by atoms with Gasteiger partial charge in [0.25, 0.3) is 5.91 Å². The Bertz CT molecular complexity index is 734. The highest BCUT2D eigenvalue weighted by Gasteiger charge is 2.36. The number of allylic oxidation sites excluding steroid dienone is 1. The van der Waals surface area contributed by atoms with Crippen LogP contribution in [0.1, 0.15) is 32.8 Å². The predicted octanol–water partition coefficient (Wildman–Crippen LogP) is 2.22. The Morgan fingerprint density at radius 2 is 2.04 bits per heavy atom. The van der Waals surface area contributed by atoms with E-state index in [1.54, 1.807) is 4.90 Å². The molecule has 0 saturated carbocycles. The van der Waals surface area contributed by atoms with Crippen molar-refractivity contribution in [3.63, 3.8) is 0 Å². The van der Waals surface area contributed by atoms with Gasteiger partial charge in [0.2, 0.25) is 5.76 Å². The number of nitrogens with zero attached hydrogens (tertiary/aromatic N) is 3. The number of hydrogen-bond donors (Lipinski definition) is 1. The quantitative estimate of drug-likeness (QED) is 0.381. The number of amidine groups is 1. The maximum Gasteiger partial charge on any atom is 0.417 e. The van der Waals surface area contributed by atoms with E-state index in [4.69, 9.17) is 10.8 Å². The molecule has 26 heavy (non-hydrogen) atoms. The molecule has 0 aromatic carbocycles. The average molecular weight is 371 g/mol. The van der Waals surface area contributed by atoms with Crippen LogP contribution in [0.15, 0.2) is 35.2 Å². The van der Waals surface area contributed by atoms with Crippen molar-refractivity contribution in [2.24, 2.45) is 16.1 Å². The van der Waals surface area contributed by atoms with Gasteiger partial charge in [0.1, 0.15) is 17.7 Å². The summed E-state index contributed by atoms with van der Waals surface area (Å²) >= 11 is 0. The lowest BCUT2D eigenvalue weighted by Crippen LogP contribution is -2.52. The second-order valence-electron chi connectivity index (χ2n) is 7.08. The van der Waals surface area contributed by atoms with Crippen molar-refractivity contribution in [1.29, 1.82) is 0 Å². The fourth-order valence-electron chi connectivity index (χ4n) is 2.24. The number of aliphatic imine (C=N–C) groups is 1. The Kier molecular flexibility index (Phi) is 5.29. The van der Waals surface area contributed by atoms with E-state index >= 15 is 0 Å². The summed E-state index contributed by atoms with van der Waals surface area (Å²) in [6.07, 6.45) is -1.88. The normalized spacial score (nSPS) is 19.3. The number of carbonyl (C=O) groups excluding carboxylic acids is 1. The van der Waals surface area contributed by atoms with E-state index in [2.05, 4.69) is 9.98 Å². The molecule has 1 aliphatic rings. The number of halogens is 3. The van der Waals surface area contributed by atoms with Gasteiger partial charge in [-0.05, 0) is 39.3 Å². The van der Waals surface area contributed by atoms with Crippen LogP contribution in [-0.2, 0) is 11.0 Å². The minimum absolute atomic E-state index is 0.0675. The van der Waals surface area contributed by atoms with Crippen LogP contribution >= 0.6 is 0 Å². The van der Waals surface area contributed by atoms with Crippen LogP contribution < -0.4 is 10.6 Å². The van der Waals surface area contributed by atoms with Gasteiger partial charge < -0.3 is 15.7 Å². The molecule has 1 aromatic heterocycles. The lowest BCUT2D eigenvalue weighted by atomic mass is 9.93. The van der Waals surface area contributed by atoms with Crippen LogP contribution in [-0.4, -0.2) is 34.4 Å². The summed E-state index contributed by atoms with van der Waals surface area (Å²) in [5, 5.41) is 7.89. The highest BCUT2D eigenvalue weighted by Crippen LogP contribution is 2.31. The van der Waals surface area contributed by atoms with Crippen molar-refractivity contribution in [3.05, 3.63) is 35.7 Å². The number of hydrogen-bond acceptors (Lipinski definition) is 3. The molecule has 0 spiro atoms. The van der Waals surface area contributed by atoms with Crippen LogP contribution in [0.3, 0.4) is 0 Å². The first-order chi connectivity index (χ1) is 11.9. The summed E-state index contributed by atoms with van der Waals surface area (Å²) in [7, 11) is 0. The molecule has 9 heteroatoms. The number of pyridine rings is 1. The highest BCUT2D eigenvalue weighted by atomic mass is 19.4. The van der Waals surface area contributed by atoms with Gasteiger partial charge in [0, 0.05) is 12.7 Å². The molecular weight excluding hydrogens is 349 g/mol. The molecule has 1 aromatic rings. The number of aromatic nitrogens is 1. The number of amides is 1. The van der Waals surface area contributed by atoms with E-state index in [9.17, 15) is 18.0 Å². The zero-order valence-electron chi connectivity index (χ0n) is 14.8. The van der Waals surface area contributed by atoms with Crippen LogP contribution in [0.25, 0.3) is 0 Å². The Morgan fingerprint density at radius 3 is 2.46 bits per heavy atom. The molecule has 1 atom stereocenters. The molecule has 1 aliphatic heterocycles. The summed E-state index contributed by atoms with van der Waals surface area (Å²) in [5.74, 6) is -0.0558. The van der Waals surface area contributed by atoms with Crippen molar-refractivity contribution in [3.8, 4) is 0 Å². The first-order valence-corrected chi connectivity index (χ1v) is 8.01. The molecule has 0 aliphatic carbocycles. The number of carbonyl (C=O) groups is 1. The molecule has 2 rings (SSSR count). The molecule has 1 amide bonds. The van der Waals surface area contributed by atoms with E-state index in [0.29, 0.717) is 13.0 Å². The molecular formula is C17H22F3N4O2+. The van der Waals surface area contributed by atoms with E-state index in [-0.39, 0.29) is 17.4 Å². The summed E-state index contributed by atoms with van der Waals surface area (Å²) < 4.78 is 37.8. The van der Waals surface area contributed by atoms with Gasteiger partial charge >= 0.3 is 6.18 Å². The number of anilines is 1. The Labute approximate surface area is 149 Å². The Balaban J connectivity index is 2.10. The van der Waals surface area contributed by atoms with Gasteiger partial charge in [-0.1, -0.05) is 0 Å². The maximum atomic E-state index is 12.6. The van der Waals surface area contributed by atoms with Crippen LogP contribution in [0.5, 0.6) is 0 Å². The summed E-state index contributed by atoms with van der Waals surface area (Å²) in [6.45, 7) is 6.01. The summed E-state index contributed by atoms with van der Waals surface area (Å²) in [4.78, 5) is 21.4. The third-order valence-corrected chi connectivity index (χ3v) is 4.01. The van der Waals surface area contributed by atoms with Gasteiger partial charge in [0.05, 0.1) is 17.1 Å². The lowest BCUT2D eigenvalue weighted by molar-refractivity contribution is -0.137. The van der Waals surface area contributed by atoms with Crippen LogP contribution in [0.2, 0.25) is 0 Å². The first-order valence-electron chi connectivity index (χ1n) is 8.01. The average Bonchev–Trinajstić information content (AvgIpc) is 2.44. The predicted molar refractivity (Wildman–Crippen MR) is 92.8 cm³/mol. The van der Waals surface area contributed by atoms with Gasteiger partial charge in [-0.3, -0.25) is 4.79 Å². The molecule has 142 valence electrons. The monoisotopic (exact) mass is 371 g/mol. The van der Waals surface area contributed by atoms with Crippen LogP contribution in [0.4, 0.5) is 19.0 Å². The van der Waals surface area contributed by atoms with Crippen molar-refractivity contribution < 1.29 is 23.1 Å². The lowest BCUT2D eigenvalue weighted by Gasteiger charge is -2.39. The molecule has 0 unspecified atom stereocenters. The van der Waals surface area contributed by atoms with E-state index in [0.717, 1.165) is 12.3 Å². The van der Waals surface area contributed by atoms with Gasteiger partial charge in [-0.15, -0.1) is 0 Å². The smallest absolute Gasteiger partial charge is 0.417 e. The minimum atomic E-state index is -4.46. The largest absolute Gasteiger partial charge is 0.596 e. The standard InChI is InChI=1S/C17H21F3N4O2/c1-16(2,3)12(25)8-13(21)23-15(26)11-6-7-24(11)14-5-4-10(9-22-14)17(18,19)20/h4-5,8-9,11,25H,6-7H2,1-3H3,(H2,21,23,26)/p+1/b12-8-/t11-/m0/s1. The van der Waals surface area contributed by atoms with E-state index < -0.39 is 29.1 Å². The van der Waals surface area contributed by atoms with Crippen molar-refractivity contribution in [1.82, 2.24) is 4.98 Å². The SMILES string of the molecule is CC(C)(C)/C([OH2+])=C/C(N)=NC(=O)[C@@H]1CCN1c1ccc(C(F)(F)F)cn1. The molecule has 4 N–H and O–H groups in total. The molecule has 1 saturated heterocycles. The number of rotatable bonds is 3. The fourth-order valence-corrected chi connectivity index (χ4v) is 2.24. The summed E-state index contributed by atoms with van der Waals surface area (Å²) in [6, 6.07) is 1.55. The van der Waals surface area contributed by atoms with Gasteiger partial charge in [-0.2, -0.15) is 18.2 Å². The maximum absolute atomic E-state index is 12.6. The molecule has 6 nitrogen and oxygen atoms in total. The zero-order valence-corrected chi connectivity index (χ0v) is 14.8. The van der Waals surface area contributed by atoms with E-state index in [1.807, 2.05) is 20.8 Å². The first kappa shape index (κ1) is 19.7. The third kappa shape index (κ3) is 4.53. The molecule has 2 heterocycles. The Hall–Kier alpha value is -2.58. The van der Waals surface area contributed by atoms with Crippen molar-refractivity contribution >= 4 is 17.6 Å². The van der Waals surface area contributed by atoms with Gasteiger partial charge in [-0.25, -0.2) is 4.98 Å². The highest BCUT2D eigenvalue weighted by molar-refractivity contribution is 6.02. The molecule has 1 fully saturated rings. The third-order valence-electron chi connectivity index (χ3n) is 4.01. The topological polar surface area (TPSA) is 94.5 Å². The zero-order chi connectivity index (χ0) is 19.7. The Morgan fingerprint density at radius 1 is 1.38 bits per heavy atom. The summed E-state index contributed by atoms with van der Waals surface area (Å²) in [5.41, 5.74) is 4.45. The number of nitrogens with two attached hydrogens (primary N) is 1. The van der Waals surface area contributed by atoms with E-state index in [1.165, 1.54) is 12.1 Å². The van der Waals surface area contributed by atoms with Crippen molar-refractivity contribution in [2.45, 2.75) is 39.4 Å². The molecule has 0 bridgehead atoms. The van der Waals surface area contributed by atoms with Crippen molar-refractivity contribution in [2.75, 3.05) is 11.4 Å². The minimum Gasteiger partial charge on any atom is -0.596 e.